The summed E-state index contributed by atoms with van der Waals surface area (Å²) in [6.07, 6.45) is 12.0. The summed E-state index contributed by atoms with van der Waals surface area (Å²) < 4.78 is 29.1. The summed E-state index contributed by atoms with van der Waals surface area (Å²) in [5.74, 6) is -1.62. The molecule has 0 unspecified atom stereocenters. The molecular weight excluding hydrogens is 1350 g/mol. The number of nitrogens with zero attached hydrogens (tertiary/aromatic N) is 9. The van der Waals surface area contributed by atoms with Gasteiger partial charge in [-0.05, 0) is 132 Å². The lowest BCUT2D eigenvalue weighted by molar-refractivity contribution is -0.154. The van der Waals surface area contributed by atoms with Crippen LogP contribution in [0.5, 0.6) is 0 Å². The highest BCUT2D eigenvalue weighted by molar-refractivity contribution is 7.22. The molecule has 3 aromatic carbocycles. The number of imide groups is 6. The van der Waals surface area contributed by atoms with Gasteiger partial charge in [0.05, 0.1) is 72.0 Å². The maximum atomic E-state index is 13.3. The number of rotatable bonds is 6. The first-order chi connectivity index (χ1) is 49.1. The molecule has 9 aromatic rings. The lowest BCUT2D eigenvalue weighted by atomic mass is 9.66. The molecule has 6 saturated heterocycles. The quantitative estimate of drug-likeness (QED) is 0.0875. The van der Waals surface area contributed by atoms with Crippen molar-refractivity contribution < 1.29 is 66.2 Å². The van der Waals surface area contributed by atoms with E-state index in [1.807, 2.05) is 113 Å². The van der Waals surface area contributed by atoms with Gasteiger partial charge in [-0.2, -0.15) is 0 Å². The summed E-state index contributed by atoms with van der Waals surface area (Å²) in [4.78, 5) is 155. The number of morpholine rings is 3. The van der Waals surface area contributed by atoms with Crippen LogP contribution in [0, 0.1) is 16.2 Å². The number of benzene rings is 3. The van der Waals surface area contributed by atoms with E-state index in [0.717, 1.165) is 65.5 Å². The molecule has 0 radical (unpaired) electrons. The van der Waals surface area contributed by atoms with Crippen LogP contribution >= 0.6 is 22.7 Å². The number of hydrogen-bond acceptors (Lipinski definition) is 25. The normalized spacial score (nSPS) is 25.5. The van der Waals surface area contributed by atoms with Crippen molar-refractivity contribution in [1.29, 1.82) is 0 Å². The third-order valence-corrected chi connectivity index (χ3v) is 22.3. The van der Waals surface area contributed by atoms with Gasteiger partial charge in [-0.1, -0.05) is 0 Å². The van der Waals surface area contributed by atoms with Crippen LogP contribution in [-0.2, 0) is 62.2 Å². The Hall–Kier alpha value is -11.1. The van der Waals surface area contributed by atoms with Crippen molar-refractivity contribution in [2.24, 2.45) is 16.2 Å². The van der Waals surface area contributed by atoms with Crippen LogP contribution in [-0.4, -0.2) is 168 Å². The summed E-state index contributed by atoms with van der Waals surface area (Å²) in [6, 6.07) is 13.6. The minimum absolute atomic E-state index is 0.0786. The van der Waals surface area contributed by atoms with E-state index >= 15 is 0 Å². The number of imidazole rings is 2. The zero-order chi connectivity index (χ0) is 70.8. The van der Waals surface area contributed by atoms with Crippen LogP contribution in [0.1, 0.15) is 58.2 Å². The highest BCUT2D eigenvalue weighted by Crippen LogP contribution is 2.52. The minimum Gasteiger partial charge on any atom is -0.444 e. The lowest BCUT2D eigenvalue weighted by Gasteiger charge is -2.55. The highest BCUT2D eigenvalue weighted by Gasteiger charge is 2.66. The molecular formula is C69H65N17O14S2. The van der Waals surface area contributed by atoms with Gasteiger partial charge in [0.15, 0.2) is 27.8 Å². The van der Waals surface area contributed by atoms with Crippen LogP contribution in [0.4, 0.5) is 31.4 Å². The van der Waals surface area contributed by atoms with Gasteiger partial charge < -0.3 is 47.7 Å². The number of carbonyl (C=O) groups is 9. The lowest BCUT2D eigenvalue weighted by Crippen LogP contribution is -2.75. The first kappa shape index (κ1) is 65.5. The molecule has 31 nitrogen and oxygen atoms in total. The maximum Gasteiger partial charge on any atom is 0.328 e. The Labute approximate surface area is 587 Å². The van der Waals surface area contributed by atoms with E-state index < -0.39 is 100 Å². The number of anilines is 3. The van der Waals surface area contributed by atoms with Gasteiger partial charge in [0, 0.05) is 83.6 Å². The molecule has 9 aliphatic rings. The molecule has 18 rings (SSSR count). The number of barbiturate groups is 3. The highest BCUT2D eigenvalue weighted by atomic mass is 32.1. The fourth-order valence-electron chi connectivity index (χ4n) is 16.5. The third-order valence-electron chi connectivity index (χ3n) is 20.3. The summed E-state index contributed by atoms with van der Waals surface area (Å²) >= 11 is 3.11. The minimum atomic E-state index is -1.53. The monoisotopic (exact) mass is 1420 g/mol. The number of oxazole rings is 2. The van der Waals surface area contributed by atoms with E-state index in [0.29, 0.717) is 54.3 Å². The van der Waals surface area contributed by atoms with E-state index in [9.17, 15) is 43.2 Å². The average molecular weight is 1420 g/mol. The topological polar surface area (TPSA) is 398 Å². The number of ether oxygens (including phenoxy) is 3. The number of fused-ring (bicyclic) bond motifs is 12. The van der Waals surface area contributed by atoms with Crippen LogP contribution in [0.25, 0.3) is 66.4 Å². The Morgan fingerprint density at radius 1 is 0.480 bits per heavy atom. The molecule has 9 aliphatic heterocycles. The zero-order valence-electron chi connectivity index (χ0n) is 55.4. The van der Waals surface area contributed by atoms with Crippen molar-refractivity contribution >= 4 is 93.3 Å². The van der Waals surface area contributed by atoms with Crippen molar-refractivity contribution in [3.05, 3.63) is 126 Å². The fourth-order valence-corrected chi connectivity index (χ4v) is 18.1. The van der Waals surface area contributed by atoms with E-state index in [2.05, 4.69) is 81.6 Å². The van der Waals surface area contributed by atoms with Gasteiger partial charge in [-0.15, -0.1) is 22.7 Å². The second-order valence-corrected chi connectivity index (χ2v) is 28.7. The first-order valence-electron chi connectivity index (χ1n) is 33.0. The molecule has 6 aromatic heterocycles. The smallest absolute Gasteiger partial charge is 0.328 e. The molecule has 0 saturated carbocycles. The number of H-pyrrole nitrogens is 2. The molecule has 0 aliphatic carbocycles. The molecule has 15 heterocycles. The van der Waals surface area contributed by atoms with Gasteiger partial charge >= 0.3 is 18.1 Å². The van der Waals surface area contributed by atoms with Crippen molar-refractivity contribution in [2.75, 3.05) is 34.3 Å². The Bertz CT molecular complexity index is 4370. The van der Waals surface area contributed by atoms with Gasteiger partial charge in [0.1, 0.15) is 34.1 Å². The Morgan fingerprint density at radius 3 is 1.42 bits per heavy atom. The molecule has 6 fully saturated rings. The number of thiazole rings is 2. The number of urea groups is 3. The SMILES string of the molecule is C[C@@H]1CN2c3ccc(-c4nc(-c5ncco5)co4)cc3CC3(C(=O)NC(=O)NC3=O)[C@H]2[C@H](C)O1.C[C@@H]1CN2c3ccc(-c4ncc(-c5ncc[nH]5)[nH]4)cc3CC3(C(=O)NC(=O)NC3=O)[C@H]2[C@H](C)O1.C[C@@H]1CN2c3ccc(-c4ncc(-c5nccs5)s4)cc3CC3(C(=O)NC(=O)NC3=O)[C@H]2[C@H](C)O1. The molecule has 102 heavy (non-hydrogen) atoms. The van der Waals surface area contributed by atoms with Crippen molar-refractivity contribution in [1.82, 2.24) is 71.8 Å². The Kier molecular flexibility index (Phi) is 16.0. The van der Waals surface area contributed by atoms with E-state index in [1.165, 1.54) is 18.7 Å². The van der Waals surface area contributed by atoms with Crippen LogP contribution in [0.3, 0.4) is 0 Å². The van der Waals surface area contributed by atoms with Crippen LogP contribution < -0.4 is 46.6 Å². The number of aromatic nitrogens is 8. The third kappa shape index (κ3) is 10.7. The second kappa shape index (κ2) is 24.9. The number of nitrogens with one attached hydrogen (secondary N) is 8. The number of carbonyl (C=O) groups excluding carboxylic acids is 9. The fraction of sp³-hybridized carbons (Fsp3) is 0.348. The Morgan fingerprint density at radius 2 is 0.961 bits per heavy atom. The second-order valence-electron chi connectivity index (χ2n) is 26.8. The number of aromatic amines is 2. The van der Waals surface area contributed by atoms with E-state index in [4.69, 9.17) is 23.0 Å². The first-order valence-corrected chi connectivity index (χ1v) is 34.7. The molecule has 522 valence electrons. The maximum absolute atomic E-state index is 13.3. The van der Waals surface area contributed by atoms with Gasteiger partial charge in [-0.25, -0.2) is 44.3 Å². The van der Waals surface area contributed by atoms with E-state index in [1.54, 1.807) is 47.5 Å². The molecule has 0 bridgehead atoms. The predicted molar refractivity (Wildman–Crippen MR) is 365 cm³/mol. The molecule has 33 heteroatoms. The number of hydrogen-bond donors (Lipinski definition) is 8. The summed E-state index contributed by atoms with van der Waals surface area (Å²) in [7, 11) is 0. The summed E-state index contributed by atoms with van der Waals surface area (Å²) in [6.45, 7) is 13.0. The Balaban J connectivity index is 0.000000118. The van der Waals surface area contributed by atoms with Crippen LogP contribution in [0.2, 0.25) is 0 Å². The van der Waals surface area contributed by atoms with Crippen molar-refractivity contribution in [3.63, 3.8) is 0 Å². The van der Waals surface area contributed by atoms with Gasteiger partial charge in [0.2, 0.25) is 47.2 Å². The molecule has 9 atom stereocenters. The van der Waals surface area contributed by atoms with Gasteiger partial charge in [0.25, 0.3) is 0 Å². The molecule has 3 spiro atoms. The van der Waals surface area contributed by atoms with Crippen LogP contribution in [0.15, 0.2) is 119 Å². The summed E-state index contributed by atoms with van der Waals surface area (Å²) in [5.41, 5.74) is 4.35. The predicted octanol–water partition coefficient (Wildman–Crippen LogP) is 6.07. The van der Waals surface area contributed by atoms with E-state index in [-0.39, 0.29) is 43.7 Å². The summed E-state index contributed by atoms with van der Waals surface area (Å²) in [5, 5.41) is 17.5. The van der Waals surface area contributed by atoms with Crippen molar-refractivity contribution in [2.45, 2.75) is 116 Å². The zero-order valence-corrected chi connectivity index (χ0v) is 57.0. The largest absolute Gasteiger partial charge is 0.444 e. The molecule has 8 N–H and O–H groups in total. The van der Waals surface area contributed by atoms with Crippen molar-refractivity contribution in [3.8, 4) is 66.4 Å². The van der Waals surface area contributed by atoms with Gasteiger partial charge in [-0.3, -0.25) is 60.7 Å². The number of amides is 12. The average Bonchev–Trinajstić information content (AvgIpc) is 0.806. The standard InChI is InChI=1S/C23H23N7O4.C23H21N5O6.C23H21N5O4S2/c1-11-10-30-16-4-3-13(18-26-9-15(27-18)19-24-5-6-25-19)7-14(16)8-23(17(30)12(2)34-11)20(31)28-22(33)29-21(23)32;1-11-9-28-16-4-3-13(18-25-15(10-33-18)19-24-5-6-32-19)7-14(16)8-23(17(28)12(2)34-11)20(29)26-22(31)27-21(23)30;1-11-10-28-15-4-3-13(18-25-9-16(34-18)19-24-5-6-33-19)7-14(15)8-23(17(28)12(2)32-11)20(29)26-22(31)27-21(23)30/h3-7,9,11-12,17H,8,10H2,1-2H3,(H,24,25)(H,26,27)(H2,28,29,31,32,33);3-7,10-12,17H,8-9H2,1-2H3,(H2,26,27,29,30,31);3-7,9,11-12,17H,8,10H2,1-2H3,(H2,26,27,29,30,31)/t3*11-,12+,17-/m111/s1. The molecule has 12 amide bonds.